The third-order valence-corrected chi connectivity index (χ3v) is 7.33. The van der Waals surface area contributed by atoms with Crippen molar-refractivity contribution < 1.29 is 32.6 Å². The third-order valence-electron chi connectivity index (χ3n) is 7.33. The van der Waals surface area contributed by atoms with Crippen LogP contribution in [0.3, 0.4) is 0 Å². The Balaban J connectivity index is 1.50. The first-order valence-electron chi connectivity index (χ1n) is 13.8. The Kier molecular flexibility index (Phi) is 8.04. The molecule has 0 fully saturated rings. The van der Waals surface area contributed by atoms with E-state index in [1.807, 2.05) is 51.1 Å². The molecule has 0 radical (unpaired) electrons. The fourth-order valence-electron chi connectivity index (χ4n) is 5.34. The molecular weight excluding hydrogens is 556 g/mol. The van der Waals surface area contributed by atoms with Crippen LogP contribution >= 0.6 is 0 Å². The van der Waals surface area contributed by atoms with Crippen molar-refractivity contribution in [3.8, 4) is 5.75 Å². The molecule has 1 aliphatic rings. The Morgan fingerprint density at radius 3 is 2.47 bits per heavy atom. The van der Waals surface area contributed by atoms with Crippen LogP contribution in [-0.4, -0.2) is 41.0 Å². The minimum atomic E-state index is -1.15. The van der Waals surface area contributed by atoms with Crippen LogP contribution in [0, 0.1) is 11.6 Å². The Labute approximate surface area is 247 Å². The summed E-state index contributed by atoms with van der Waals surface area (Å²) >= 11 is 0. The van der Waals surface area contributed by atoms with Crippen LogP contribution in [0.15, 0.2) is 72.9 Å². The highest BCUT2D eigenvalue weighted by atomic mass is 19.2. The number of ether oxygens (including phenoxy) is 2. The minimum Gasteiger partial charge on any atom is -0.462 e. The maximum atomic E-state index is 14.0. The second-order valence-electron chi connectivity index (χ2n) is 11.0. The number of benzene rings is 3. The fraction of sp³-hybridized carbons (Fsp3) is 0.242. The van der Waals surface area contributed by atoms with Crippen LogP contribution in [0.2, 0.25) is 0 Å². The highest BCUT2D eigenvalue weighted by Gasteiger charge is 2.37. The van der Waals surface area contributed by atoms with E-state index >= 15 is 0 Å². The number of rotatable bonds is 6. The summed E-state index contributed by atoms with van der Waals surface area (Å²) in [6.45, 7) is 7.56. The summed E-state index contributed by atoms with van der Waals surface area (Å²) < 4.78 is 38.4. The van der Waals surface area contributed by atoms with Crippen LogP contribution in [0.1, 0.15) is 60.9 Å². The van der Waals surface area contributed by atoms with Crippen molar-refractivity contribution in [2.24, 2.45) is 0 Å². The van der Waals surface area contributed by atoms with Crippen LogP contribution in [0.5, 0.6) is 5.75 Å². The number of amides is 2. The largest absolute Gasteiger partial charge is 0.462 e. The number of hydrogen-bond donors (Lipinski definition) is 2. The van der Waals surface area contributed by atoms with Crippen molar-refractivity contribution >= 4 is 34.4 Å². The highest BCUT2D eigenvalue weighted by molar-refractivity contribution is 6.18. The first-order chi connectivity index (χ1) is 20.5. The SMILES string of the molecule is CCOC(=O)C1=CN(C(=O)c2ccc(F)c(F)c2)CC(C)(C)c2c1[nH]c1cc(OC(=O)N[C@@H](C)c3ccccc3)ccc21. The van der Waals surface area contributed by atoms with Crippen molar-refractivity contribution in [2.75, 3.05) is 13.2 Å². The van der Waals surface area contributed by atoms with Crippen molar-refractivity contribution in [3.05, 3.63) is 107 Å². The number of halogens is 2. The minimum absolute atomic E-state index is 0.0637. The summed E-state index contributed by atoms with van der Waals surface area (Å²) in [5.41, 5.74) is 2.03. The lowest BCUT2D eigenvalue weighted by atomic mass is 9.81. The summed E-state index contributed by atoms with van der Waals surface area (Å²) in [7, 11) is 0. The predicted molar refractivity (Wildman–Crippen MR) is 157 cm³/mol. The van der Waals surface area contributed by atoms with Gasteiger partial charge in [-0.15, -0.1) is 0 Å². The second-order valence-corrected chi connectivity index (χ2v) is 11.0. The molecule has 43 heavy (non-hydrogen) atoms. The van der Waals surface area contributed by atoms with Gasteiger partial charge in [0.2, 0.25) is 0 Å². The lowest BCUT2D eigenvalue weighted by molar-refractivity contribution is -0.136. The molecule has 2 amide bonds. The van der Waals surface area contributed by atoms with E-state index in [1.165, 1.54) is 17.2 Å². The molecule has 3 aromatic carbocycles. The van der Waals surface area contributed by atoms with E-state index in [-0.39, 0.29) is 36.1 Å². The van der Waals surface area contributed by atoms with Crippen molar-refractivity contribution in [3.63, 3.8) is 0 Å². The van der Waals surface area contributed by atoms with Gasteiger partial charge in [0.05, 0.1) is 23.9 Å². The molecule has 0 aliphatic carbocycles. The number of nitrogens with zero attached hydrogens (tertiary/aromatic N) is 1. The average Bonchev–Trinajstić information content (AvgIpc) is 3.31. The first-order valence-corrected chi connectivity index (χ1v) is 13.8. The molecule has 4 aromatic rings. The number of nitrogens with one attached hydrogen (secondary N) is 2. The smallest absolute Gasteiger partial charge is 0.413 e. The summed E-state index contributed by atoms with van der Waals surface area (Å²) in [4.78, 5) is 43.9. The lowest BCUT2D eigenvalue weighted by Crippen LogP contribution is -2.37. The Hall–Kier alpha value is -4.99. The summed E-state index contributed by atoms with van der Waals surface area (Å²) in [5, 5.41) is 3.56. The number of carbonyl (C=O) groups is 3. The van der Waals surface area contributed by atoms with Gasteiger partial charge in [0, 0.05) is 40.7 Å². The monoisotopic (exact) mass is 587 g/mol. The molecule has 222 valence electrons. The molecule has 8 nitrogen and oxygen atoms in total. The van der Waals surface area contributed by atoms with E-state index in [4.69, 9.17) is 9.47 Å². The van der Waals surface area contributed by atoms with Gasteiger partial charge in [0.25, 0.3) is 5.91 Å². The van der Waals surface area contributed by atoms with E-state index in [9.17, 15) is 23.2 Å². The maximum Gasteiger partial charge on any atom is 0.413 e. The predicted octanol–water partition coefficient (Wildman–Crippen LogP) is 6.63. The van der Waals surface area contributed by atoms with Gasteiger partial charge < -0.3 is 24.7 Å². The molecule has 10 heteroatoms. The Bertz CT molecular complexity index is 1750. The number of hydrogen-bond acceptors (Lipinski definition) is 5. The topological polar surface area (TPSA) is 101 Å². The molecule has 2 N–H and O–H groups in total. The molecule has 1 aliphatic heterocycles. The normalized spacial score (nSPS) is 14.7. The molecule has 0 saturated carbocycles. The van der Waals surface area contributed by atoms with E-state index in [0.717, 1.165) is 28.6 Å². The van der Waals surface area contributed by atoms with Gasteiger partial charge in [0.1, 0.15) is 5.75 Å². The van der Waals surface area contributed by atoms with Gasteiger partial charge in [-0.3, -0.25) is 4.79 Å². The molecule has 5 rings (SSSR count). The standard InChI is InChI=1S/C33H31F2N3O5/c1-5-42-31(40)24-17-38(30(39)21-11-14-25(34)26(35)15-21)18-33(3,4)28-23-13-12-22(16-27(23)37-29(24)28)43-32(41)36-19(2)20-9-7-6-8-10-20/h6-17,19,37H,5,18H2,1-4H3,(H,36,41)/t19-/m0/s1. The number of aromatic nitrogens is 1. The number of aromatic amines is 1. The molecule has 0 bridgehead atoms. The summed E-state index contributed by atoms with van der Waals surface area (Å²) in [6.07, 6.45) is 0.753. The number of H-pyrrole nitrogens is 1. The second kappa shape index (κ2) is 11.7. The van der Waals surface area contributed by atoms with Crippen molar-refractivity contribution in [1.82, 2.24) is 15.2 Å². The zero-order chi connectivity index (χ0) is 30.9. The number of esters is 1. The average molecular weight is 588 g/mol. The molecule has 1 aromatic heterocycles. The molecule has 2 heterocycles. The molecule has 1 atom stereocenters. The summed E-state index contributed by atoms with van der Waals surface area (Å²) in [6, 6.07) is 17.2. The summed E-state index contributed by atoms with van der Waals surface area (Å²) in [5.74, 6) is -3.19. The quantitative estimate of drug-likeness (QED) is 0.247. The van der Waals surface area contributed by atoms with E-state index in [0.29, 0.717) is 11.2 Å². The molecule has 0 unspecified atom stereocenters. The van der Waals surface area contributed by atoms with Gasteiger partial charge >= 0.3 is 12.1 Å². The van der Waals surface area contributed by atoms with Gasteiger partial charge in [-0.05, 0) is 55.3 Å². The van der Waals surface area contributed by atoms with Crippen LogP contribution < -0.4 is 10.1 Å². The highest BCUT2D eigenvalue weighted by Crippen LogP contribution is 2.41. The van der Waals surface area contributed by atoms with Crippen LogP contribution in [0.25, 0.3) is 16.5 Å². The lowest BCUT2D eigenvalue weighted by Gasteiger charge is -2.29. The number of fused-ring (bicyclic) bond motifs is 3. The molecule has 0 saturated heterocycles. The fourth-order valence-corrected chi connectivity index (χ4v) is 5.34. The maximum absolute atomic E-state index is 14.0. The van der Waals surface area contributed by atoms with E-state index in [1.54, 1.807) is 25.1 Å². The van der Waals surface area contributed by atoms with Crippen LogP contribution in [-0.2, 0) is 14.9 Å². The molecular formula is C33H31F2N3O5. The Morgan fingerprint density at radius 2 is 1.77 bits per heavy atom. The Morgan fingerprint density at radius 1 is 1.02 bits per heavy atom. The van der Waals surface area contributed by atoms with Gasteiger partial charge in [-0.25, -0.2) is 18.4 Å². The van der Waals surface area contributed by atoms with Gasteiger partial charge in [-0.1, -0.05) is 44.2 Å². The third kappa shape index (κ3) is 5.99. The van der Waals surface area contributed by atoms with E-state index < -0.39 is 35.0 Å². The van der Waals surface area contributed by atoms with E-state index in [2.05, 4.69) is 10.3 Å². The zero-order valence-corrected chi connectivity index (χ0v) is 24.2. The van der Waals surface area contributed by atoms with Crippen LogP contribution in [0.4, 0.5) is 13.6 Å². The number of carbonyl (C=O) groups excluding carboxylic acids is 3. The van der Waals surface area contributed by atoms with Crippen molar-refractivity contribution in [2.45, 2.75) is 39.2 Å². The molecule has 0 spiro atoms. The first kappa shape index (κ1) is 29.5. The van der Waals surface area contributed by atoms with Gasteiger partial charge in [0.15, 0.2) is 11.6 Å². The van der Waals surface area contributed by atoms with Gasteiger partial charge in [-0.2, -0.15) is 0 Å². The zero-order valence-electron chi connectivity index (χ0n) is 24.2. The van der Waals surface area contributed by atoms with Crippen molar-refractivity contribution in [1.29, 1.82) is 0 Å².